The Morgan fingerprint density at radius 2 is 2.23 bits per heavy atom. The summed E-state index contributed by atoms with van der Waals surface area (Å²) in [5.41, 5.74) is 0.684. The fourth-order valence-electron chi connectivity index (χ4n) is 1.50. The van der Waals surface area contributed by atoms with Crippen LogP contribution in [0.25, 0.3) is 0 Å². The maximum atomic E-state index is 13.5. The molecule has 0 aliphatic carbocycles. The largest absolute Gasteiger partial charge is 0.342 e. The first-order chi connectivity index (χ1) is 6.07. The van der Waals surface area contributed by atoms with Crippen LogP contribution in [0.15, 0.2) is 0 Å². The van der Waals surface area contributed by atoms with Gasteiger partial charge < -0.3 is 10.3 Å². The molecule has 0 atom stereocenters. The molecule has 0 unspecified atom stereocenters. The van der Waals surface area contributed by atoms with Gasteiger partial charge in [-0.05, 0) is 13.8 Å². The smallest absolute Gasteiger partial charge is 0.162 e. The standard InChI is InChI=1S/C9H14FN3/c1-9(2,10)8-12-6-3-4-11-5-7(6)13-8/h11H,3-5H2,1-2H3,(H,12,13). The van der Waals surface area contributed by atoms with Crippen LogP contribution < -0.4 is 5.32 Å². The molecule has 1 aliphatic heterocycles. The third-order valence-corrected chi connectivity index (χ3v) is 2.27. The summed E-state index contributed by atoms with van der Waals surface area (Å²) in [6, 6.07) is 0. The molecule has 1 aromatic rings. The van der Waals surface area contributed by atoms with E-state index in [1.807, 2.05) is 0 Å². The molecule has 13 heavy (non-hydrogen) atoms. The topological polar surface area (TPSA) is 40.7 Å². The molecule has 0 radical (unpaired) electrons. The van der Waals surface area contributed by atoms with Gasteiger partial charge in [0.15, 0.2) is 5.67 Å². The zero-order chi connectivity index (χ0) is 9.47. The number of H-pyrrole nitrogens is 1. The van der Waals surface area contributed by atoms with Crippen LogP contribution >= 0.6 is 0 Å². The number of halogens is 1. The second-order valence-electron chi connectivity index (χ2n) is 3.91. The lowest BCUT2D eigenvalue weighted by Crippen LogP contribution is -2.23. The summed E-state index contributed by atoms with van der Waals surface area (Å²) < 4.78 is 13.5. The van der Waals surface area contributed by atoms with Crippen molar-refractivity contribution in [3.8, 4) is 0 Å². The first-order valence-electron chi connectivity index (χ1n) is 4.55. The Hall–Kier alpha value is -0.900. The Morgan fingerprint density at radius 3 is 2.85 bits per heavy atom. The van der Waals surface area contributed by atoms with Gasteiger partial charge >= 0.3 is 0 Å². The van der Waals surface area contributed by atoms with E-state index in [0.717, 1.165) is 30.9 Å². The Labute approximate surface area is 76.8 Å². The molecular weight excluding hydrogens is 169 g/mol. The number of aromatic amines is 1. The van der Waals surface area contributed by atoms with Gasteiger partial charge in [-0.25, -0.2) is 9.37 Å². The van der Waals surface area contributed by atoms with Crippen molar-refractivity contribution in [3.63, 3.8) is 0 Å². The average Bonchev–Trinajstić information content (AvgIpc) is 2.45. The monoisotopic (exact) mass is 183 g/mol. The van der Waals surface area contributed by atoms with Gasteiger partial charge in [-0.2, -0.15) is 0 Å². The van der Waals surface area contributed by atoms with Crippen molar-refractivity contribution >= 4 is 0 Å². The van der Waals surface area contributed by atoms with E-state index in [-0.39, 0.29) is 0 Å². The molecule has 0 saturated heterocycles. The first-order valence-corrected chi connectivity index (χ1v) is 4.55. The van der Waals surface area contributed by atoms with Gasteiger partial charge in [-0.15, -0.1) is 0 Å². The number of alkyl halides is 1. The van der Waals surface area contributed by atoms with Gasteiger partial charge in [0.05, 0.1) is 11.4 Å². The number of rotatable bonds is 1. The van der Waals surface area contributed by atoms with E-state index >= 15 is 0 Å². The summed E-state index contributed by atoms with van der Waals surface area (Å²) >= 11 is 0. The van der Waals surface area contributed by atoms with Gasteiger partial charge in [0.1, 0.15) is 5.82 Å². The van der Waals surface area contributed by atoms with Crippen molar-refractivity contribution in [3.05, 3.63) is 17.2 Å². The molecule has 2 heterocycles. The average molecular weight is 183 g/mol. The molecule has 0 saturated carbocycles. The van der Waals surface area contributed by atoms with Crippen LogP contribution in [0.5, 0.6) is 0 Å². The summed E-state index contributed by atoms with van der Waals surface area (Å²) in [5.74, 6) is 0.446. The van der Waals surface area contributed by atoms with Gasteiger partial charge in [0, 0.05) is 19.5 Å². The molecule has 0 aromatic carbocycles. The highest BCUT2D eigenvalue weighted by Crippen LogP contribution is 2.23. The Morgan fingerprint density at radius 1 is 1.46 bits per heavy atom. The molecule has 0 amide bonds. The van der Waals surface area contributed by atoms with Gasteiger partial charge in [-0.3, -0.25) is 0 Å². The first kappa shape index (κ1) is 8.69. The second kappa shape index (κ2) is 2.80. The molecule has 4 heteroatoms. The molecule has 0 spiro atoms. The van der Waals surface area contributed by atoms with Crippen LogP contribution in [0, 0.1) is 0 Å². The van der Waals surface area contributed by atoms with Crippen LogP contribution in [0.1, 0.15) is 31.1 Å². The summed E-state index contributed by atoms with van der Waals surface area (Å²) in [6.45, 7) is 4.75. The Kier molecular flexibility index (Phi) is 1.87. The van der Waals surface area contributed by atoms with E-state index in [9.17, 15) is 4.39 Å². The number of hydrogen-bond acceptors (Lipinski definition) is 2. The summed E-state index contributed by atoms with van der Waals surface area (Å²) in [7, 11) is 0. The van der Waals surface area contributed by atoms with E-state index in [4.69, 9.17) is 0 Å². The molecule has 1 aliphatic rings. The minimum atomic E-state index is -1.36. The van der Waals surface area contributed by atoms with Gasteiger partial charge in [0.2, 0.25) is 0 Å². The Bertz CT molecular complexity index is 288. The predicted octanol–water partition coefficient (Wildman–Crippen LogP) is 1.26. The minimum Gasteiger partial charge on any atom is -0.342 e. The molecule has 2 N–H and O–H groups in total. The number of hydrogen-bond donors (Lipinski definition) is 2. The number of imidazole rings is 1. The van der Waals surface area contributed by atoms with Crippen LogP contribution in [0.4, 0.5) is 4.39 Å². The lowest BCUT2D eigenvalue weighted by Gasteiger charge is -2.10. The van der Waals surface area contributed by atoms with Crippen molar-refractivity contribution in [1.82, 2.24) is 15.3 Å². The zero-order valence-corrected chi connectivity index (χ0v) is 7.95. The van der Waals surface area contributed by atoms with E-state index in [1.165, 1.54) is 13.8 Å². The summed E-state index contributed by atoms with van der Waals surface area (Å²) in [4.78, 5) is 7.28. The molecule has 0 bridgehead atoms. The van der Waals surface area contributed by atoms with E-state index in [2.05, 4.69) is 15.3 Å². The second-order valence-corrected chi connectivity index (χ2v) is 3.91. The van der Waals surface area contributed by atoms with Crippen molar-refractivity contribution in [2.75, 3.05) is 6.54 Å². The number of nitrogens with zero attached hydrogens (tertiary/aromatic N) is 1. The molecular formula is C9H14FN3. The third-order valence-electron chi connectivity index (χ3n) is 2.27. The maximum absolute atomic E-state index is 13.5. The van der Waals surface area contributed by atoms with E-state index < -0.39 is 5.67 Å². The predicted molar refractivity (Wildman–Crippen MR) is 48.1 cm³/mol. The molecule has 0 fully saturated rings. The van der Waals surface area contributed by atoms with Crippen LogP contribution in [0.2, 0.25) is 0 Å². The fourth-order valence-corrected chi connectivity index (χ4v) is 1.50. The third kappa shape index (κ3) is 1.58. The highest BCUT2D eigenvalue weighted by molar-refractivity contribution is 5.19. The quantitative estimate of drug-likeness (QED) is 0.688. The van der Waals surface area contributed by atoms with Gasteiger partial charge in [-0.1, -0.05) is 0 Å². The molecule has 72 valence electrons. The fraction of sp³-hybridized carbons (Fsp3) is 0.667. The van der Waals surface area contributed by atoms with Crippen molar-refractivity contribution < 1.29 is 4.39 Å². The van der Waals surface area contributed by atoms with Crippen molar-refractivity contribution in [2.24, 2.45) is 0 Å². The summed E-state index contributed by atoms with van der Waals surface area (Å²) in [6.07, 6.45) is 0.891. The molecule has 1 aromatic heterocycles. The molecule has 3 nitrogen and oxygen atoms in total. The molecule has 2 rings (SSSR count). The Balaban J connectivity index is 2.36. The highest BCUT2D eigenvalue weighted by Gasteiger charge is 2.25. The lowest BCUT2D eigenvalue weighted by atomic mass is 10.2. The SMILES string of the molecule is CC(C)(F)c1nc2c([nH]1)CNCC2. The lowest BCUT2D eigenvalue weighted by molar-refractivity contribution is 0.208. The van der Waals surface area contributed by atoms with Crippen molar-refractivity contribution in [2.45, 2.75) is 32.5 Å². The number of nitrogens with one attached hydrogen (secondary N) is 2. The highest BCUT2D eigenvalue weighted by atomic mass is 19.1. The zero-order valence-electron chi connectivity index (χ0n) is 7.95. The van der Waals surface area contributed by atoms with E-state index in [0.29, 0.717) is 5.82 Å². The minimum absolute atomic E-state index is 0.446. The number of aromatic nitrogens is 2. The normalized spacial score (nSPS) is 17.2. The van der Waals surface area contributed by atoms with E-state index in [1.54, 1.807) is 0 Å². The van der Waals surface area contributed by atoms with Crippen LogP contribution in [-0.4, -0.2) is 16.5 Å². The number of fused-ring (bicyclic) bond motifs is 1. The van der Waals surface area contributed by atoms with Gasteiger partial charge in [0.25, 0.3) is 0 Å². The van der Waals surface area contributed by atoms with Crippen LogP contribution in [-0.2, 0) is 18.6 Å². The maximum Gasteiger partial charge on any atom is 0.162 e. The van der Waals surface area contributed by atoms with Crippen molar-refractivity contribution in [1.29, 1.82) is 0 Å². The summed E-state index contributed by atoms with van der Waals surface area (Å²) in [5, 5.41) is 3.21. The van der Waals surface area contributed by atoms with Crippen LogP contribution in [0.3, 0.4) is 0 Å².